The molecule has 1 aromatic heterocycles. The van der Waals surface area contributed by atoms with Gasteiger partial charge in [0.1, 0.15) is 6.54 Å². The fourth-order valence-corrected chi connectivity index (χ4v) is 4.17. The van der Waals surface area contributed by atoms with Crippen LogP contribution >= 0.6 is 0 Å². The van der Waals surface area contributed by atoms with Crippen molar-refractivity contribution in [2.24, 2.45) is 0 Å². The topological polar surface area (TPSA) is 98.1 Å². The van der Waals surface area contributed by atoms with Crippen LogP contribution in [-0.4, -0.2) is 24.1 Å². The molecule has 0 aliphatic heterocycles. The minimum Gasteiger partial charge on any atom is -0.324 e. The first kappa shape index (κ1) is 21.4. The average molecular weight is 426 g/mol. The molecule has 0 saturated carbocycles. The second kappa shape index (κ2) is 8.62. The van der Waals surface area contributed by atoms with E-state index in [1.165, 1.54) is 12.1 Å². The summed E-state index contributed by atoms with van der Waals surface area (Å²) >= 11 is 0. The number of rotatable bonds is 6. The van der Waals surface area contributed by atoms with Crippen LogP contribution in [0.4, 0.5) is 5.69 Å². The maximum Gasteiger partial charge on any atom is 0.267 e. The SMILES string of the molecule is Cc1cccc(S(=O)(=O)c2ccc(=O)n(CC(=O)Nc3ccc(C(C)C)cc3)n2)c1. The zero-order valence-electron chi connectivity index (χ0n) is 17.0. The summed E-state index contributed by atoms with van der Waals surface area (Å²) in [7, 11) is -3.91. The summed E-state index contributed by atoms with van der Waals surface area (Å²) < 4.78 is 26.5. The number of hydrogen-bond acceptors (Lipinski definition) is 5. The van der Waals surface area contributed by atoms with Crippen molar-refractivity contribution in [3.8, 4) is 0 Å². The summed E-state index contributed by atoms with van der Waals surface area (Å²) in [6, 6.07) is 16.1. The maximum atomic E-state index is 12.8. The van der Waals surface area contributed by atoms with Gasteiger partial charge in [0.05, 0.1) is 4.90 Å². The second-order valence-corrected chi connectivity index (χ2v) is 9.21. The molecule has 0 saturated heterocycles. The van der Waals surface area contributed by atoms with Crippen molar-refractivity contribution in [2.75, 3.05) is 5.32 Å². The van der Waals surface area contributed by atoms with Crippen LogP contribution in [0.2, 0.25) is 0 Å². The molecule has 3 aromatic rings. The van der Waals surface area contributed by atoms with Crippen LogP contribution in [-0.2, 0) is 21.2 Å². The van der Waals surface area contributed by atoms with E-state index in [2.05, 4.69) is 24.3 Å². The zero-order chi connectivity index (χ0) is 21.9. The largest absolute Gasteiger partial charge is 0.324 e. The molecule has 0 fully saturated rings. The van der Waals surface area contributed by atoms with Gasteiger partial charge in [-0.25, -0.2) is 13.1 Å². The second-order valence-electron chi connectivity index (χ2n) is 7.31. The van der Waals surface area contributed by atoms with E-state index in [-0.39, 0.29) is 9.92 Å². The third-order valence-corrected chi connectivity index (χ3v) is 6.21. The fourth-order valence-electron chi connectivity index (χ4n) is 2.88. The lowest BCUT2D eigenvalue weighted by atomic mass is 10.0. The monoisotopic (exact) mass is 425 g/mol. The van der Waals surface area contributed by atoms with Gasteiger partial charge in [-0.3, -0.25) is 9.59 Å². The molecule has 8 heteroatoms. The molecule has 1 N–H and O–H groups in total. The van der Waals surface area contributed by atoms with Gasteiger partial charge in [-0.05, 0) is 54.3 Å². The molecule has 156 valence electrons. The lowest BCUT2D eigenvalue weighted by molar-refractivity contribution is -0.117. The zero-order valence-corrected chi connectivity index (χ0v) is 17.8. The van der Waals surface area contributed by atoms with E-state index in [9.17, 15) is 18.0 Å². The van der Waals surface area contributed by atoms with Gasteiger partial charge < -0.3 is 5.32 Å². The Morgan fingerprint density at radius 1 is 1.07 bits per heavy atom. The number of nitrogens with one attached hydrogen (secondary N) is 1. The van der Waals surface area contributed by atoms with Gasteiger partial charge in [0.15, 0.2) is 5.03 Å². The summed E-state index contributed by atoms with van der Waals surface area (Å²) in [6.45, 7) is 5.53. The number of nitrogens with zero attached hydrogens (tertiary/aromatic N) is 2. The third-order valence-electron chi connectivity index (χ3n) is 4.57. The molecule has 2 aromatic carbocycles. The summed E-state index contributed by atoms with van der Waals surface area (Å²) in [5.41, 5.74) is 1.94. The first-order valence-electron chi connectivity index (χ1n) is 9.46. The summed E-state index contributed by atoms with van der Waals surface area (Å²) in [4.78, 5) is 24.6. The fraction of sp³-hybridized carbons (Fsp3) is 0.227. The van der Waals surface area contributed by atoms with Crippen LogP contribution in [0.15, 0.2) is 75.4 Å². The molecule has 3 rings (SSSR count). The van der Waals surface area contributed by atoms with Gasteiger partial charge >= 0.3 is 0 Å². The molecule has 0 spiro atoms. The van der Waals surface area contributed by atoms with Crippen molar-refractivity contribution >= 4 is 21.4 Å². The molecule has 1 heterocycles. The number of aromatic nitrogens is 2. The molecular weight excluding hydrogens is 402 g/mol. The molecular formula is C22H23N3O4S. The van der Waals surface area contributed by atoms with Crippen molar-refractivity contribution in [1.82, 2.24) is 9.78 Å². The van der Waals surface area contributed by atoms with E-state index in [0.717, 1.165) is 27.9 Å². The van der Waals surface area contributed by atoms with Gasteiger partial charge in [0.2, 0.25) is 15.7 Å². The quantitative estimate of drug-likeness (QED) is 0.654. The number of amides is 1. The number of hydrogen-bond donors (Lipinski definition) is 1. The number of anilines is 1. The molecule has 7 nitrogen and oxygen atoms in total. The average Bonchev–Trinajstić information content (AvgIpc) is 2.70. The number of carbonyl (C=O) groups excluding carboxylic acids is 1. The highest BCUT2D eigenvalue weighted by atomic mass is 32.2. The minimum atomic E-state index is -3.91. The van der Waals surface area contributed by atoms with Crippen molar-refractivity contribution in [3.05, 3.63) is 82.1 Å². The molecule has 0 aliphatic carbocycles. The molecule has 0 radical (unpaired) electrons. The minimum absolute atomic E-state index is 0.0786. The van der Waals surface area contributed by atoms with Gasteiger partial charge in [-0.15, -0.1) is 0 Å². The third kappa shape index (κ3) is 4.83. The normalized spacial score (nSPS) is 11.5. The highest BCUT2D eigenvalue weighted by Crippen LogP contribution is 2.19. The highest BCUT2D eigenvalue weighted by molar-refractivity contribution is 7.91. The van der Waals surface area contributed by atoms with Crippen molar-refractivity contribution in [1.29, 1.82) is 0 Å². The van der Waals surface area contributed by atoms with Crippen LogP contribution in [0.3, 0.4) is 0 Å². The van der Waals surface area contributed by atoms with Gasteiger partial charge in [-0.2, -0.15) is 5.10 Å². The predicted octanol–water partition coefficient (Wildman–Crippen LogP) is 3.15. The van der Waals surface area contributed by atoms with E-state index in [1.807, 2.05) is 12.1 Å². The number of aryl methyl sites for hydroxylation is 1. The summed E-state index contributed by atoms with van der Waals surface area (Å²) in [6.07, 6.45) is 0. The van der Waals surface area contributed by atoms with E-state index < -0.39 is 27.8 Å². The first-order valence-corrected chi connectivity index (χ1v) is 10.9. The molecule has 30 heavy (non-hydrogen) atoms. The Morgan fingerprint density at radius 2 is 1.77 bits per heavy atom. The Hall–Kier alpha value is -3.26. The van der Waals surface area contributed by atoms with Gasteiger partial charge in [-0.1, -0.05) is 38.1 Å². The van der Waals surface area contributed by atoms with Crippen molar-refractivity contribution in [2.45, 2.75) is 43.2 Å². The number of sulfone groups is 1. The van der Waals surface area contributed by atoms with E-state index in [4.69, 9.17) is 0 Å². The predicted molar refractivity (Wildman–Crippen MR) is 114 cm³/mol. The number of benzene rings is 2. The van der Waals surface area contributed by atoms with E-state index >= 15 is 0 Å². The Morgan fingerprint density at radius 3 is 2.40 bits per heavy atom. The van der Waals surface area contributed by atoms with Gasteiger partial charge in [0.25, 0.3) is 5.56 Å². The molecule has 1 amide bonds. The van der Waals surface area contributed by atoms with Crippen LogP contribution in [0, 0.1) is 6.92 Å². The van der Waals surface area contributed by atoms with Crippen molar-refractivity contribution in [3.63, 3.8) is 0 Å². The molecule has 0 bridgehead atoms. The van der Waals surface area contributed by atoms with Crippen LogP contribution in [0.25, 0.3) is 0 Å². The lowest BCUT2D eigenvalue weighted by Crippen LogP contribution is -2.30. The molecule has 0 aliphatic rings. The number of carbonyl (C=O) groups is 1. The van der Waals surface area contributed by atoms with Crippen LogP contribution in [0.5, 0.6) is 0 Å². The lowest BCUT2D eigenvalue weighted by Gasteiger charge is -2.10. The standard InChI is InChI=1S/C22H23N3O4S/c1-15(2)17-7-9-18(10-8-17)23-20(26)14-25-22(27)12-11-21(24-25)30(28,29)19-6-4-5-16(3)13-19/h4-13,15H,14H2,1-3H3,(H,23,26). The van der Waals surface area contributed by atoms with Crippen molar-refractivity contribution < 1.29 is 13.2 Å². The van der Waals surface area contributed by atoms with E-state index in [0.29, 0.717) is 11.6 Å². The Bertz CT molecular complexity index is 1230. The first-order chi connectivity index (χ1) is 14.2. The summed E-state index contributed by atoms with van der Waals surface area (Å²) in [5.74, 6) is -0.109. The molecule has 0 atom stereocenters. The van der Waals surface area contributed by atoms with Gasteiger partial charge in [0, 0.05) is 11.8 Å². The Labute approximate surface area is 175 Å². The maximum absolute atomic E-state index is 12.8. The van der Waals surface area contributed by atoms with Crippen LogP contribution in [0.1, 0.15) is 30.9 Å². The smallest absolute Gasteiger partial charge is 0.267 e. The molecule has 0 unspecified atom stereocenters. The Balaban J connectivity index is 1.81. The Kier molecular flexibility index (Phi) is 6.17. The summed E-state index contributed by atoms with van der Waals surface area (Å²) in [5, 5.41) is 6.33. The highest BCUT2D eigenvalue weighted by Gasteiger charge is 2.21. The van der Waals surface area contributed by atoms with Crippen LogP contribution < -0.4 is 10.9 Å². The van der Waals surface area contributed by atoms with E-state index in [1.54, 1.807) is 31.2 Å².